The van der Waals surface area contributed by atoms with E-state index in [9.17, 15) is 13.2 Å². The summed E-state index contributed by atoms with van der Waals surface area (Å²) in [5, 5.41) is 0. The molecule has 0 bridgehead atoms. The highest BCUT2D eigenvalue weighted by Crippen LogP contribution is 2.40. The highest BCUT2D eigenvalue weighted by atomic mass is 19.2. The zero-order chi connectivity index (χ0) is 25.5. The standard InChI is InChI=1S/C33H43F3/c1-3-5-7-25-13-20-29(31(34)22-25)26-14-10-24(11-15-26)12-18-28-19-21-30(33(36)32(28)35)27-16-8-23(6-4-2)9-17-27/h12-13,18-24,26-27H,3-11,14-17H2,1-2H3/b18-12+. The summed E-state index contributed by atoms with van der Waals surface area (Å²) in [7, 11) is 0. The molecule has 0 nitrogen and oxygen atoms in total. The van der Waals surface area contributed by atoms with E-state index >= 15 is 0 Å². The van der Waals surface area contributed by atoms with Gasteiger partial charge in [-0.25, -0.2) is 13.2 Å². The van der Waals surface area contributed by atoms with Gasteiger partial charge in [0.1, 0.15) is 5.82 Å². The number of benzene rings is 2. The summed E-state index contributed by atoms with van der Waals surface area (Å²) in [5.74, 6) is 0.0232. The molecule has 2 saturated carbocycles. The zero-order valence-electron chi connectivity index (χ0n) is 22.2. The average Bonchev–Trinajstić information content (AvgIpc) is 2.90. The molecule has 2 aliphatic carbocycles. The quantitative estimate of drug-likeness (QED) is 0.324. The molecule has 196 valence electrons. The van der Waals surface area contributed by atoms with Gasteiger partial charge in [-0.3, -0.25) is 0 Å². The third-order valence-electron chi connectivity index (χ3n) is 8.77. The van der Waals surface area contributed by atoms with Crippen LogP contribution in [0.3, 0.4) is 0 Å². The van der Waals surface area contributed by atoms with E-state index in [4.69, 9.17) is 0 Å². The van der Waals surface area contributed by atoms with Gasteiger partial charge in [-0.2, -0.15) is 0 Å². The second kappa shape index (κ2) is 13.0. The first kappa shape index (κ1) is 27.0. The number of hydrogen-bond donors (Lipinski definition) is 0. The van der Waals surface area contributed by atoms with Crippen LogP contribution in [0.25, 0.3) is 6.08 Å². The fourth-order valence-corrected chi connectivity index (χ4v) is 6.49. The van der Waals surface area contributed by atoms with E-state index in [1.165, 1.54) is 12.8 Å². The van der Waals surface area contributed by atoms with E-state index in [2.05, 4.69) is 19.9 Å². The van der Waals surface area contributed by atoms with Crippen molar-refractivity contribution in [3.8, 4) is 0 Å². The number of aryl methyl sites for hydroxylation is 1. The molecule has 0 saturated heterocycles. The summed E-state index contributed by atoms with van der Waals surface area (Å²) in [5.41, 5.74) is 2.82. The summed E-state index contributed by atoms with van der Waals surface area (Å²) in [6, 6.07) is 9.35. The van der Waals surface area contributed by atoms with Crippen molar-refractivity contribution in [3.63, 3.8) is 0 Å². The van der Waals surface area contributed by atoms with E-state index in [1.54, 1.807) is 18.2 Å². The summed E-state index contributed by atoms with van der Waals surface area (Å²) < 4.78 is 44.7. The lowest BCUT2D eigenvalue weighted by atomic mass is 9.77. The van der Waals surface area contributed by atoms with Crippen LogP contribution in [0.15, 0.2) is 36.4 Å². The van der Waals surface area contributed by atoms with Gasteiger partial charge in [0.15, 0.2) is 11.6 Å². The van der Waals surface area contributed by atoms with Gasteiger partial charge in [0, 0.05) is 5.56 Å². The number of rotatable bonds is 9. The van der Waals surface area contributed by atoms with Crippen LogP contribution in [-0.2, 0) is 6.42 Å². The first-order chi connectivity index (χ1) is 17.5. The molecule has 0 aromatic heterocycles. The van der Waals surface area contributed by atoms with E-state index in [0.29, 0.717) is 17.0 Å². The predicted molar refractivity (Wildman–Crippen MR) is 145 cm³/mol. The summed E-state index contributed by atoms with van der Waals surface area (Å²) in [6.45, 7) is 4.36. The minimum Gasteiger partial charge on any atom is -0.207 e. The minimum absolute atomic E-state index is 0.0703. The molecular weight excluding hydrogens is 453 g/mol. The van der Waals surface area contributed by atoms with Crippen LogP contribution < -0.4 is 0 Å². The van der Waals surface area contributed by atoms with Crippen LogP contribution in [0.2, 0.25) is 0 Å². The third-order valence-corrected chi connectivity index (χ3v) is 8.77. The molecule has 0 heterocycles. The molecule has 0 N–H and O–H groups in total. The Morgan fingerprint density at radius 2 is 1.42 bits per heavy atom. The summed E-state index contributed by atoms with van der Waals surface area (Å²) >= 11 is 0. The van der Waals surface area contributed by atoms with Gasteiger partial charge in [-0.15, -0.1) is 0 Å². The Bertz CT molecular complexity index is 1010. The molecule has 0 atom stereocenters. The fourth-order valence-electron chi connectivity index (χ4n) is 6.49. The molecule has 0 aliphatic heterocycles. The summed E-state index contributed by atoms with van der Waals surface area (Å²) in [6.07, 6.45) is 17.3. The Balaban J connectivity index is 1.33. The number of hydrogen-bond acceptors (Lipinski definition) is 0. The predicted octanol–water partition coefficient (Wildman–Crippen LogP) is 10.5. The van der Waals surface area contributed by atoms with Gasteiger partial charge in [0.05, 0.1) is 0 Å². The molecule has 0 radical (unpaired) electrons. The molecule has 0 amide bonds. The van der Waals surface area contributed by atoms with Crippen molar-refractivity contribution in [3.05, 3.63) is 76.1 Å². The van der Waals surface area contributed by atoms with Crippen LogP contribution in [0.1, 0.15) is 125 Å². The molecule has 0 spiro atoms. The lowest BCUT2D eigenvalue weighted by Crippen LogP contribution is -2.15. The van der Waals surface area contributed by atoms with Crippen LogP contribution in [0.4, 0.5) is 13.2 Å². The van der Waals surface area contributed by atoms with Gasteiger partial charge in [-0.1, -0.05) is 69.5 Å². The van der Waals surface area contributed by atoms with Crippen molar-refractivity contribution in [1.82, 2.24) is 0 Å². The maximum Gasteiger partial charge on any atom is 0.166 e. The fraction of sp³-hybridized carbons (Fsp3) is 0.576. The first-order valence-electron chi connectivity index (χ1n) is 14.4. The van der Waals surface area contributed by atoms with E-state index in [-0.39, 0.29) is 17.7 Å². The largest absolute Gasteiger partial charge is 0.207 e. The molecular formula is C33H43F3. The van der Waals surface area contributed by atoms with Gasteiger partial charge >= 0.3 is 0 Å². The monoisotopic (exact) mass is 496 g/mol. The van der Waals surface area contributed by atoms with Crippen molar-refractivity contribution in [2.24, 2.45) is 11.8 Å². The molecule has 2 aromatic rings. The third kappa shape index (κ3) is 6.64. The number of unbranched alkanes of at least 4 members (excludes halogenated alkanes) is 1. The SMILES string of the molecule is CCCCc1ccc(C2CCC(/C=C/c3ccc(C4CCC(CCC)CC4)c(F)c3F)CC2)c(F)c1. The van der Waals surface area contributed by atoms with Crippen LogP contribution in [-0.4, -0.2) is 0 Å². The van der Waals surface area contributed by atoms with E-state index in [0.717, 1.165) is 87.7 Å². The maximum absolute atomic E-state index is 15.0. The van der Waals surface area contributed by atoms with Crippen molar-refractivity contribution in [2.45, 2.75) is 109 Å². The highest BCUT2D eigenvalue weighted by Gasteiger charge is 2.26. The Kier molecular flexibility index (Phi) is 9.73. The Morgan fingerprint density at radius 3 is 2.08 bits per heavy atom. The van der Waals surface area contributed by atoms with Crippen LogP contribution >= 0.6 is 0 Å². The molecule has 2 fully saturated rings. The van der Waals surface area contributed by atoms with Crippen LogP contribution in [0, 0.1) is 29.3 Å². The van der Waals surface area contributed by atoms with E-state index in [1.807, 2.05) is 18.2 Å². The normalized spacial score (nSPS) is 24.9. The zero-order valence-corrected chi connectivity index (χ0v) is 22.2. The lowest BCUT2D eigenvalue weighted by molar-refractivity contribution is 0.303. The second-order valence-corrected chi connectivity index (χ2v) is 11.3. The Morgan fingerprint density at radius 1 is 0.750 bits per heavy atom. The Hall–Kier alpha value is -2.03. The molecule has 4 rings (SSSR count). The van der Waals surface area contributed by atoms with Crippen molar-refractivity contribution in [1.29, 1.82) is 0 Å². The van der Waals surface area contributed by atoms with Crippen molar-refractivity contribution in [2.75, 3.05) is 0 Å². The maximum atomic E-state index is 15.0. The molecule has 2 aliphatic rings. The molecule has 0 unspecified atom stereocenters. The van der Waals surface area contributed by atoms with Crippen LogP contribution in [0.5, 0.6) is 0 Å². The first-order valence-corrected chi connectivity index (χ1v) is 14.4. The van der Waals surface area contributed by atoms with Gasteiger partial charge in [0.25, 0.3) is 0 Å². The molecule has 36 heavy (non-hydrogen) atoms. The van der Waals surface area contributed by atoms with Gasteiger partial charge < -0.3 is 0 Å². The topological polar surface area (TPSA) is 0 Å². The Labute approximate surface area is 216 Å². The molecule has 2 aromatic carbocycles. The van der Waals surface area contributed by atoms with E-state index < -0.39 is 11.6 Å². The smallest absolute Gasteiger partial charge is 0.166 e. The van der Waals surface area contributed by atoms with Gasteiger partial charge in [-0.05, 0) is 111 Å². The average molecular weight is 497 g/mol. The minimum atomic E-state index is -0.710. The number of halogens is 3. The summed E-state index contributed by atoms with van der Waals surface area (Å²) in [4.78, 5) is 0. The highest BCUT2D eigenvalue weighted by molar-refractivity contribution is 5.52. The van der Waals surface area contributed by atoms with Crippen molar-refractivity contribution < 1.29 is 13.2 Å². The molecule has 3 heteroatoms. The second-order valence-electron chi connectivity index (χ2n) is 11.3. The van der Waals surface area contributed by atoms with Gasteiger partial charge in [0.2, 0.25) is 0 Å². The van der Waals surface area contributed by atoms with Crippen molar-refractivity contribution >= 4 is 6.08 Å². The lowest BCUT2D eigenvalue weighted by Gasteiger charge is -2.29. The number of allylic oxidation sites excluding steroid dienone is 1.